The molecule has 0 bridgehead atoms. The van der Waals surface area contributed by atoms with Crippen molar-refractivity contribution in [3.05, 3.63) is 83.2 Å². The van der Waals surface area contributed by atoms with E-state index in [9.17, 15) is 34.8 Å². The molecule has 0 unspecified atom stereocenters. The van der Waals surface area contributed by atoms with Crippen molar-refractivity contribution in [2.75, 3.05) is 12.9 Å². The summed E-state index contributed by atoms with van der Waals surface area (Å²) in [7, 11) is -7.51. The number of primary sulfonamides is 1. The van der Waals surface area contributed by atoms with Crippen molar-refractivity contribution in [1.29, 1.82) is 0 Å². The molecular weight excluding hydrogens is 521 g/mol. The summed E-state index contributed by atoms with van der Waals surface area (Å²) in [6.45, 7) is 0. The summed E-state index contributed by atoms with van der Waals surface area (Å²) in [6.07, 6.45) is -3.42. The molecule has 0 aliphatic heterocycles. The predicted octanol–water partition coefficient (Wildman–Crippen LogP) is 2.81. The van der Waals surface area contributed by atoms with Gasteiger partial charge in [0.1, 0.15) is 10.6 Å². The largest absolute Gasteiger partial charge is 0.494 e. The Morgan fingerprint density at radius 3 is 2.17 bits per heavy atom. The van der Waals surface area contributed by atoms with Crippen molar-refractivity contribution in [2.45, 2.75) is 16.0 Å². The Balaban J connectivity index is 1.86. The Morgan fingerprint density at radius 2 is 1.61 bits per heavy atom. The van der Waals surface area contributed by atoms with Gasteiger partial charge in [0.2, 0.25) is 10.0 Å². The number of aromatic nitrogens is 1. The molecule has 2 aromatic carbocycles. The number of alkyl halides is 3. The number of nitrogens with zero attached hydrogens (tertiary/aromatic N) is 1. The summed E-state index contributed by atoms with van der Waals surface area (Å²) in [4.78, 5) is 15.4. The van der Waals surface area contributed by atoms with Crippen LogP contribution in [0.25, 0.3) is 0 Å². The molecule has 0 aliphatic carbocycles. The van der Waals surface area contributed by atoms with Crippen LogP contribution in [0.5, 0.6) is 5.75 Å². The number of sulfone groups is 1. The summed E-state index contributed by atoms with van der Waals surface area (Å²) in [6, 6.07) is 9.96. The summed E-state index contributed by atoms with van der Waals surface area (Å²) in [5.74, 6) is 3.31. The normalized spacial score (nSPS) is 11.9. The fraction of sp³-hybridized carbons (Fsp3) is 0.130. The number of sulfonamides is 1. The summed E-state index contributed by atoms with van der Waals surface area (Å²) in [5.41, 5.74) is -0.653. The maximum atomic E-state index is 12.8. The number of hydrogen-bond donors (Lipinski definition) is 1. The second-order valence-corrected chi connectivity index (χ2v) is 10.8. The van der Waals surface area contributed by atoms with Crippen LogP contribution in [0.3, 0.4) is 0 Å². The lowest BCUT2D eigenvalue weighted by Crippen LogP contribution is -2.21. The van der Waals surface area contributed by atoms with Gasteiger partial charge in [0, 0.05) is 17.3 Å². The third-order valence-corrected chi connectivity index (χ3v) is 7.51. The van der Waals surface area contributed by atoms with Crippen LogP contribution in [0.1, 0.15) is 27.2 Å². The third kappa shape index (κ3) is 6.28. The molecule has 0 aliphatic rings. The van der Waals surface area contributed by atoms with Crippen molar-refractivity contribution in [3.8, 4) is 17.6 Å². The molecule has 3 rings (SSSR count). The number of ketones is 1. The Labute approximate surface area is 204 Å². The molecule has 1 heterocycles. The van der Waals surface area contributed by atoms with Crippen molar-refractivity contribution >= 4 is 25.6 Å². The van der Waals surface area contributed by atoms with Crippen LogP contribution in [0.4, 0.5) is 13.2 Å². The Hall–Kier alpha value is -3.73. The zero-order chi connectivity index (χ0) is 26.7. The number of benzene rings is 2. The number of ether oxygens (including phenoxy) is 1. The van der Waals surface area contributed by atoms with Gasteiger partial charge in [-0.05, 0) is 48.4 Å². The molecule has 13 heteroatoms. The number of rotatable bonds is 6. The topological polar surface area (TPSA) is 133 Å². The lowest BCUT2D eigenvalue weighted by atomic mass is 10.1. The molecule has 0 saturated carbocycles. The van der Waals surface area contributed by atoms with Gasteiger partial charge >= 0.3 is 6.18 Å². The van der Waals surface area contributed by atoms with Crippen LogP contribution >= 0.6 is 0 Å². The summed E-state index contributed by atoms with van der Waals surface area (Å²) < 4.78 is 92.2. The van der Waals surface area contributed by atoms with Crippen LogP contribution in [-0.4, -0.2) is 40.5 Å². The number of carbonyl (C=O) groups is 1. The molecule has 0 amide bonds. The van der Waals surface area contributed by atoms with Gasteiger partial charge in [0.25, 0.3) is 0 Å². The first-order valence-electron chi connectivity index (χ1n) is 9.83. The van der Waals surface area contributed by atoms with Gasteiger partial charge in [-0.25, -0.2) is 27.0 Å². The molecular formula is C23H17F3N2O6S2. The van der Waals surface area contributed by atoms with E-state index >= 15 is 0 Å². The summed E-state index contributed by atoms with van der Waals surface area (Å²) in [5, 5.41) is 5.08. The predicted molar refractivity (Wildman–Crippen MR) is 122 cm³/mol. The molecule has 1 aromatic heterocycles. The minimum atomic E-state index is -4.48. The van der Waals surface area contributed by atoms with E-state index in [0.717, 1.165) is 30.5 Å². The maximum absolute atomic E-state index is 12.8. The minimum absolute atomic E-state index is 0.0163. The van der Waals surface area contributed by atoms with E-state index in [-0.39, 0.29) is 22.6 Å². The first kappa shape index (κ1) is 26.9. The first-order chi connectivity index (χ1) is 16.7. The first-order valence-corrected chi connectivity index (χ1v) is 13.0. The molecule has 0 saturated heterocycles. The van der Waals surface area contributed by atoms with Gasteiger partial charge < -0.3 is 4.74 Å². The average molecular weight is 539 g/mol. The molecule has 0 spiro atoms. The highest BCUT2D eigenvalue weighted by molar-refractivity contribution is 7.94. The van der Waals surface area contributed by atoms with Crippen molar-refractivity contribution in [2.24, 2.45) is 5.14 Å². The van der Waals surface area contributed by atoms with Crippen molar-refractivity contribution in [3.63, 3.8) is 0 Å². The number of halogens is 3. The van der Waals surface area contributed by atoms with Gasteiger partial charge in [-0.1, -0.05) is 18.1 Å². The lowest BCUT2D eigenvalue weighted by molar-refractivity contribution is -0.137. The van der Waals surface area contributed by atoms with E-state index in [4.69, 9.17) is 9.88 Å². The Morgan fingerprint density at radius 1 is 1.00 bits per heavy atom. The second kappa shape index (κ2) is 10.1. The zero-order valence-corrected chi connectivity index (χ0v) is 20.0. The average Bonchev–Trinajstić information content (AvgIpc) is 2.81. The van der Waals surface area contributed by atoms with E-state index < -0.39 is 52.9 Å². The van der Waals surface area contributed by atoms with E-state index in [1.54, 1.807) is 0 Å². The van der Waals surface area contributed by atoms with E-state index in [1.165, 1.54) is 37.4 Å². The Kier molecular flexibility index (Phi) is 7.54. The highest BCUT2D eigenvalue weighted by atomic mass is 32.2. The standard InChI is InChI=1S/C23H17F3N2O6S2/c1-34-20-12-16(13-28-18(20)11-8-15-6-9-17(10-7-15)23(24,25)26)19(29)14-35(30,31)21-4-2-3-5-22(21)36(27,32)33/h2-7,9-10,12-13H,14H2,1H3,(H2,27,32,33). The zero-order valence-electron chi connectivity index (χ0n) is 18.4. The number of Topliss-reactive ketones (excluding diaryl/α,β-unsaturated/α-hetero) is 1. The van der Waals surface area contributed by atoms with Crippen LogP contribution < -0.4 is 9.88 Å². The molecule has 0 radical (unpaired) electrons. The van der Waals surface area contributed by atoms with Crippen LogP contribution in [0, 0.1) is 11.8 Å². The van der Waals surface area contributed by atoms with E-state index in [0.29, 0.717) is 0 Å². The van der Waals surface area contributed by atoms with Crippen LogP contribution in [-0.2, 0) is 26.0 Å². The highest BCUT2D eigenvalue weighted by Gasteiger charge is 2.30. The third-order valence-electron chi connectivity index (χ3n) is 4.74. The fourth-order valence-electron chi connectivity index (χ4n) is 3.00. The molecule has 2 N–H and O–H groups in total. The van der Waals surface area contributed by atoms with Gasteiger partial charge in [-0.2, -0.15) is 13.2 Å². The molecule has 0 fully saturated rings. The van der Waals surface area contributed by atoms with Gasteiger partial charge in [-0.15, -0.1) is 0 Å². The van der Waals surface area contributed by atoms with Crippen molar-refractivity contribution < 1.29 is 39.5 Å². The molecule has 8 nitrogen and oxygen atoms in total. The van der Waals surface area contributed by atoms with Gasteiger partial charge in [0.05, 0.1) is 17.6 Å². The summed E-state index contributed by atoms with van der Waals surface area (Å²) >= 11 is 0. The molecule has 0 atom stereocenters. The number of carbonyl (C=O) groups excluding carboxylic acids is 1. The highest BCUT2D eigenvalue weighted by Crippen LogP contribution is 2.29. The van der Waals surface area contributed by atoms with Gasteiger partial charge in [0.15, 0.2) is 27.1 Å². The monoisotopic (exact) mass is 538 g/mol. The smallest absolute Gasteiger partial charge is 0.416 e. The van der Waals surface area contributed by atoms with Crippen molar-refractivity contribution in [1.82, 2.24) is 4.98 Å². The number of methoxy groups -OCH3 is 1. The SMILES string of the molecule is COc1cc(C(=O)CS(=O)(=O)c2ccccc2S(N)(=O)=O)cnc1C#Cc1ccc(C(F)(F)F)cc1. The molecule has 188 valence electrons. The number of pyridine rings is 1. The van der Waals surface area contributed by atoms with Gasteiger partial charge in [-0.3, -0.25) is 4.79 Å². The Bertz CT molecular complexity index is 1590. The van der Waals surface area contributed by atoms with Crippen LogP contribution in [0.2, 0.25) is 0 Å². The molecule has 36 heavy (non-hydrogen) atoms. The fourth-order valence-corrected chi connectivity index (χ4v) is 5.67. The minimum Gasteiger partial charge on any atom is -0.494 e. The lowest BCUT2D eigenvalue weighted by Gasteiger charge is -2.09. The quantitative estimate of drug-likeness (QED) is 0.377. The number of nitrogens with two attached hydrogens (primary N) is 1. The van der Waals surface area contributed by atoms with E-state index in [1.807, 2.05) is 0 Å². The second-order valence-electron chi connectivity index (χ2n) is 7.27. The number of hydrogen-bond acceptors (Lipinski definition) is 7. The van der Waals surface area contributed by atoms with E-state index in [2.05, 4.69) is 16.8 Å². The molecule has 3 aromatic rings. The maximum Gasteiger partial charge on any atom is 0.416 e. The van der Waals surface area contributed by atoms with Crippen LogP contribution in [0.15, 0.2) is 70.6 Å².